The standard InChI is InChI=1S/C16H30N2O/c17-15-9-6-13(7-10-15)8-11-16(19)18-12-14-4-2-1-3-5-14/h13-15H,1-12,17H2,(H,18,19). The van der Waals surface area contributed by atoms with Crippen LogP contribution in [-0.4, -0.2) is 18.5 Å². The molecule has 2 rings (SSSR count). The summed E-state index contributed by atoms with van der Waals surface area (Å²) in [6, 6.07) is 0.413. The number of hydrogen-bond donors (Lipinski definition) is 2. The Hall–Kier alpha value is -0.570. The number of amides is 1. The zero-order valence-corrected chi connectivity index (χ0v) is 12.2. The number of carbonyl (C=O) groups excluding carboxylic acids is 1. The first-order valence-corrected chi connectivity index (χ1v) is 8.26. The van der Waals surface area contributed by atoms with E-state index in [4.69, 9.17) is 5.73 Å². The summed E-state index contributed by atoms with van der Waals surface area (Å²) in [5.74, 6) is 1.74. The van der Waals surface area contributed by atoms with Crippen LogP contribution in [0.3, 0.4) is 0 Å². The lowest BCUT2D eigenvalue weighted by atomic mass is 9.84. The monoisotopic (exact) mass is 266 g/mol. The molecule has 2 aliphatic rings. The van der Waals surface area contributed by atoms with Gasteiger partial charge < -0.3 is 11.1 Å². The molecule has 0 aromatic carbocycles. The van der Waals surface area contributed by atoms with Crippen LogP contribution in [0.2, 0.25) is 0 Å². The molecule has 0 radical (unpaired) electrons. The molecule has 0 atom stereocenters. The summed E-state index contributed by atoms with van der Waals surface area (Å²) >= 11 is 0. The summed E-state index contributed by atoms with van der Waals surface area (Å²) in [7, 11) is 0. The first-order chi connectivity index (χ1) is 9.24. The number of hydrogen-bond acceptors (Lipinski definition) is 2. The molecular formula is C16H30N2O. The smallest absolute Gasteiger partial charge is 0.220 e. The zero-order valence-electron chi connectivity index (χ0n) is 12.2. The van der Waals surface area contributed by atoms with Gasteiger partial charge in [0.2, 0.25) is 5.91 Å². The lowest BCUT2D eigenvalue weighted by Crippen LogP contribution is -2.31. The van der Waals surface area contributed by atoms with E-state index in [2.05, 4.69) is 5.32 Å². The second kappa shape index (κ2) is 7.88. The van der Waals surface area contributed by atoms with Crippen LogP contribution in [0.5, 0.6) is 0 Å². The van der Waals surface area contributed by atoms with Crippen molar-refractivity contribution in [1.29, 1.82) is 0 Å². The van der Waals surface area contributed by atoms with Crippen molar-refractivity contribution in [1.82, 2.24) is 5.32 Å². The highest BCUT2D eigenvalue weighted by Crippen LogP contribution is 2.27. The lowest BCUT2D eigenvalue weighted by Gasteiger charge is -2.26. The Labute approximate surface area is 117 Å². The average molecular weight is 266 g/mol. The molecule has 0 aromatic heterocycles. The summed E-state index contributed by atoms with van der Waals surface area (Å²) in [5, 5.41) is 3.14. The average Bonchev–Trinajstić information content (AvgIpc) is 2.45. The summed E-state index contributed by atoms with van der Waals surface area (Å²) in [4.78, 5) is 11.9. The second-order valence-corrected chi connectivity index (χ2v) is 6.63. The number of nitrogens with two attached hydrogens (primary N) is 1. The minimum absolute atomic E-state index is 0.264. The van der Waals surface area contributed by atoms with Gasteiger partial charge in [0.25, 0.3) is 0 Å². The fraction of sp³-hybridized carbons (Fsp3) is 0.938. The van der Waals surface area contributed by atoms with E-state index in [9.17, 15) is 4.79 Å². The summed E-state index contributed by atoms with van der Waals surface area (Å²) in [6.45, 7) is 0.911. The van der Waals surface area contributed by atoms with E-state index in [1.54, 1.807) is 0 Å². The van der Waals surface area contributed by atoms with Gasteiger partial charge in [-0.2, -0.15) is 0 Å². The van der Waals surface area contributed by atoms with Crippen molar-refractivity contribution in [3.05, 3.63) is 0 Å². The largest absolute Gasteiger partial charge is 0.356 e. The Morgan fingerprint density at radius 3 is 2.32 bits per heavy atom. The van der Waals surface area contributed by atoms with Crippen LogP contribution in [0, 0.1) is 11.8 Å². The highest BCUT2D eigenvalue weighted by Gasteiger charge is 2.19. The van der Waals surface area contributed by atoms with Gasteiger partial charge in [0.1, 0.15) is 0 Å². The quantitative estimate of drug-likeness (QED) is 0.803. The van der Waals surface area contributed by atoms with Gasteiger partial charge >= 0.3 is 0 Å². The van der Waals surface area contributed by atoms with E-state index in [1.807, 2.05) is 0 Å². The van der Waals surface area contributed by atoms with Crippen LogP contribution in [-0.2, 0) is 4.79 Å². The van der Waals surface area contributed by atoms with E-state index in [1.165, 1.54) is 44.9 Å². The topological polar surface area (TPSA) is 55.1 Å². The van der Waals surface area contributed by atoms with Crippen molar-refractivity contribution < 1.29 is 4.79 Å². The highest BCUT2D eigenvalue weighted by atomic mass is 16.1. The summed E-state index contributed by atoms with van der Waals surface area (Å²) < 4.78 is 0. The first-order valence-electron chi connectivity index (χ1n) is 8.26. The molecule has 0 heterocycles. The second-order valence-electron chi connectivity index (χ2n) is 6.63. The third-order valence-electron chi connectivity index (χ3n) is 4.98. The van der Waals surface area contributed by atoms with Crippen molar-refractivity contribution in [2.24, 2.45) is 17.6 Å². The van der Waals surface area contributed by atoms with Gasteiger partial charge in [-0.1, -0.05) is 19.3 Å². The fourth-order valence-corrected chi connectivity index (χ4v) is 3.55. The van der Waals surface area contributed by atoms with Crippen molar-refractivity contribution in [3.63, 3.8) is 0 Å². The summed E-state index contributed by atoms with van der Waals surface area (Å²) in [5.41, 5.74) is 5.90. The SMILES string of the molecule is NC1CCC(CCC(=O)NCC2CCCCC2)CC1. The maximum absolute atomic E-state index is 11.9. The molecule has 3 nitrogen and oxygen atoms in total. The van der Waals surface area contributed by atoms with Crippen molar-refractivity contribution in [2.75, 3.05) is 6.54 Å². The molecule has 0 aliphatic heterocycles. The predicted octanol–water partition coefficient (Wildman–Crippen LogP) is 2.98. The third-order valence-corrected chi connectivity index (χ3v) is 4.98. The van der Waals surface area contributed by atoms with E-state index < -0.39 is 0 Å². The van der Waals surface area contributed by atoms with E-state index in [0.29, 0.717) is 12.5 Å². The van der Waals surface area contributed by atoms with Crippen LogP contribution < -0.4 is 11.1 Å². The Balaban J connectivity index is 1.54. The van der Waals surface area contributed by atoms with Gasteiger partial charge in [0.15, 0.2) is 0 Å². The maximum Gasteiger partial charge on any atom is 0.220 e. The van der Waals surface area contributed by atoms with Crippen molar-refractivity contribution in [3.8, 4) is 0 Å². The Morgan fingerprint density at radius 1 is 0.947 bits per heavy atom. The summed E-state index contributed by atoms with van der Waals surface area (Å²) in [6.07, 6.45) is 13.2. The molecule has 0 spiro atoms. The molecule has 2 saturated carbocycles. The molecule has 3 N–H and O–H groups in total. The molecule has 1 amide bonds. The minimum Gasteiger partial charge on any atom is -0.356 e. The number of nitrogens with one attached hydrogen (secondary N) is 1. The lowest BCUT2D eigenvalue weighted by molar-refractivity contribution is -0.121. The molecule has 0 saturated heterocycles. The molecule has 110 valence electrons. The third kappa shape index (κ3) is 5.52. The van der Waals surface area contributed by atoms with Crippen LogP contribution in [0.4, 0.5) is 0 Å². The Bertz CT molecular complexity index is 266. The molecular weight excluding hydrogens is 236 g/mol. The van der Waals surface area contributed by atoms with Crippen molar-refractivity contribution >= 4 is 5.91 Å². The molecule has 19 heavy (non-hydrogen) atoms. The normalized spacial score (nSPS) is 29.1. The van der Waals surface area contributed by atoms with Gasteiger partial charge in [0.05, 0.1) is 0 Å². The number of rotatable bonds is 5. The van der Waals surface area contributed by atoms with E-state index >= 15 is 0 Å². The number of carbonyl (C=O) groups is 1. The molecule has 0 aromatic rings. The Morgan fingerprint density at radius 2 is 1.63 bits per heavy atom. The van der Waals surface area contributed by atoms with Gasteiger partial charge in [-0.3, -0.25) is 4.79 Å². The van der Waals surface area contributed by atoms with Crippen molar-refractivity contribution in [2.45, 2.75) is 76.7 Å². The molecule has 2 fully saturated rings. The van der Waals surface area contributed by atoms with Crippen LogP contribution in [0.15, 0.2) is 0 Å². The predicted molar refractivity (Wildman–Crippen MR) is 78.8 cm³/mol. The molecule has 3 heteroatoms. The highest BCUT2D eigenvalue weighted by molar-refractivity contribution is 5.75. The first kappa shape index (κ1) is 14.8. The van der Waals surface area contributed by atoms with Crippen LogP contribution in [0.25, 0.3) is 0 Å². The fourth-order valence-electron chi connectivity index (χ4n) is 3.55. The van der Waals surface area contributed by atoms with Gasteiger partial charge in [-0.25, -0.2) is 0 Å². The van der Waals surface area contributed by atoms with E-state index in [0.717, 1.165) is 37.6 Å². The maximum atomic E-state index is 11.9. The molecule has 0 bridgehead atoms. The Kier molecular flexibility index (Phi) is 6.15. The van der Waals surface area contributed by atoms with Gasteiger partial charge in [-0.15, -0.1) is 0 Å². The van der Waals surface area contributed by atoms with Crippen LogP contribution >= 0.6 is 0 Å². The van der Waals surface area contributed by atoms with Crippen LogP contribution in [0.1, 0.15) is 70.6 Å². The van der Waals surface area contributed by atoms with Gasteiger partial charge in [0, 0.05) is 19.0 Å². The molecule has 0 unspecified atom stereocenters. The van der Waals surface area contributed by atoms with E-state index in [-0.39, 0.29) is 5.91 Å². The molecule has 2 aliphatic carbocycles. The van der Waals surface area contributed by atoms with Gasteiger partial charge in [-0.05, 0) is 56.8 Å². The minimum atomic E-state index is 0.264. The zero-order chi connectivity index (χ0) is 13.5.